The first-order valence-corrected chi connectivity index (χ1v) is 13.1. The van der Waals surface area contributed by atoms with E-state index < -0.39 is 5.54 Å². The van der Waals surface area contributed by atoms with Crippen LogP contribution in [0.5, 0.6) is 0 Å². The van der Waals surface area contributed by atoms with E-state index in [-0.39, 0.29) is 30.8 Å². The molecule has 8 heteroatoms. The fraction of sp³-hybridized carbons (Fsp3) is 0.407. The molecule has 3 aromatic rings. The zero-order valence-electron chi connectivity index (χ0n) is 20.1. The number of fused-ring (bicyclic) bond motifs is 1. The van der Waals surface area contributed by atoms with Crippen LogP contribution < -0.4 is 10.2 Å². The highest BCUT2D eigenvalue weighted by Gasteiger charge is 2.52. The number of rotatable bonds is 7. The zero-order chi connectivity index (χ0) is 24.6. The van der Waals surface area contributed by atoms with Gasteiger partial charge in [-0.3, -0.25) is 19.4 Å². The first kappa shape index (κ1) is 23.5. The van der Waals surface area contributed by atoms with Crippen LogP contribution in [0.15, 0.2) is 48.5 Å². The average Bonchev–Trinajstić information content (AvgIpc) is 3.54. The molecule has 2 aliphatic rings. The van der Waals surface area contributed by atoms with Crippen LogP contribution in [0.4, 0.5) is 15.6 Å². The number of carbonyl (C=O) groups is 3. The van der Waals surface area contributed by atoms with E-state index in [1.165, 1.54) is 21.8 Å². The fourth-order valence-electron chi connectivity index (χ4n) is 5.02. The molecule has 1 aliphatic carbocycles. The van der Waals surface area contributed by atoms with Gasteiger partial charge in [0.25, 0.3) is 5.91 Å². The van der Waals surface area contributed by atoms with Gasteiger partial charge in [0.15, 0.2) is 5.13 Å². The number of aromatic nitrogens is 1. The van der Waals surface area contributed by atoms with Gasteiger partial charge in [-0.25, -0.2) is 9.78 Å². The third kappa shape index (κ3) is 4.43. The van der Waals surface area contributed by atoms with Crippen LogP contribution in [0.3, 0.4) is 0 Å². The molecule has 35 heavy (non-hydrogen) atoms. The van der Waals surface area contributed by atoms with Crippen LogP contribution >= 0.6 is 11.3 Å². The average molecular weight is 491 g/mol. The molecule has 2 fully saturated rings. The van der Waals surface area contributed by atoms with Gasteiger partial charge in [0.05, 0.1) is 15.9 Å². The summed E-state index contributed by atoms with van der Waals surface area (Å²) >= 11 is 1.48. The molecule has 1 saturated carbocycles. The summed E-state index contributed by atoms with van der Waals surface area (Å²) in [7, 11) is 0. The predicted molar refractivity (Wildman–Crippen MR) is 138 cm³/mol. The van der Waals surface area contributed by atoms with Crippen molar-refractivity contribution in [2.75, 3.05) is 11.4 Å². The lowest BCUT2D eigenvalue weighted by Crippen LogP contribution is -2.44. The Kier molecular flexibility index (Phi) is 6.32. The lowest BCUT2D eigenvalue weighted by atomic mass is 9.98. The molecule has 1 N–H and O–H groups in total. The number of anilines is 2. The molecular formula is C27H30N4O3S. The minimum Gasteiger partial charge on any atom is -0.323 e. The molecule has 1 spiro atoms. The van der Waals surface area contributed by atoms with Crippen molar-refractivity contribution in [1.82, 2.24) is 15.2 Å². The third-order valence-corrected chi connectivity index (χ3v) is 8.04. The molecule has 7 nitrogen and oxygen atoms in total. The van der Waals surface area contributed by atoms with E-state index in [0.29, 0.717) is 30.3 Å². The number of nitrogens with zero attached hydrogens (tertiary/aromatic N) is 3. The number of hydrogen-bond donors (Lipinski definition) is 1. The minimum atomic E-state index is -0.716. The largest absolute Gasteiger partial charge is 0.325 e. The highest BCUT2D eigenvalue weighted by atomic mass is 32.1. The Morgan fingerprint density at radius 1 is 1.11 bits per heavy atom. The Morgan fingerprint density at radius 2 is 1.83 bits per heavy atom. The van der Waals surface area contributed by atoms with E-state index in [1.54, 1.807) is 4.90 Å². The van der Waals surface area contributed by atoms with Gasteiger partial charge >= 0.3 is 6.03 Å². The van der Waals surface area contributed by atoms with Crippen molar-refractivity contribution in [1.29, 1.82) is 0 Å². The monoisotopic (exact) mass is 490 g/mol. The van der Waals surface area contributed by atoms with Crippen LogP contribution in [0.25, 0.3) is 10.2 Å². The smallest absolute Gasteiger partial charge is 0.323 e. The number of para-hydroxylation sites is 1. The van der Waals surface area contributed by atoms with Crippen molar-refractivity contribution in [2.24, 2.45) is 0 Å². The van der Waals surface area contributed by atoms with Crippen LogP contribution in [0.1, 0.15) is 63.9 Å². The lowest BCUT2D eigenvalue weighted by molar-refractivity contribution is -0.131. The molecular weight excluding hydrogens is 460 g/mol. The van der Waals surface area contributed by atoms with Gasteiger partial charge < -0.3 is 5.32 Å². The molecule has 2 heterocycles. The van der Waals surface area contributed by atoms with E-state index in [0.717, 1.165) is 28.7 Å². The summed E-state index contributed by atoms with van der Waals surface area (Å²) in [6, 6.07) is 15.5. The number of urea groups is 1. The lowest BCUT2D eigenvalue weighted by Gasteiger charge is -2.22. The fourth-order valence-corrected chi connectivity index (χ4v) is 6.03. The molecule has 0 atom stereocenters. The quantitative estimate of drug-likeness (QED) is 0.429. The number of amides is 4. The Hall–Kier alpha value is -3.26. The Balaban J connectivity index is 1.34. The molecule has 0 bridgehead atoms. The number of thiazole rings is 1. The van der Waals surface area contributed by atoms with E-state index in [1.807, 2.05) is 48.5 Å². The molecule has 1 aromatic heterocycles. The van der Waals surface area contributed by atoms with Crippen molar-refractivity contribution in [3.8, 4) is 0 Å². The number of carbonyl (C=O) groups excluding carboxylic acids is 3. The van der Waals surface area contributed by atoms with Crippen LogP contribution in [-0.2, 0) is 9.59 Å². The molecule has 4 amide bonds. The second-order valence-electron chi connectivity index (χ2n) is 9.72. The Morgan fingerprint density at radius 3 is 2.51 bits per heavy atom. The zero-order valence-corrected chi connectivity index (χ0v) is 20.9. The summed E-state index contributed by atoms with van der Waals surface area (Å²) in [5, 5.41) is 3.52. The number of benzene rings is 2. The summed E-state index contributed by atoms with van der Waals surface area (Å²) in [5.41, 5.74) is 2.10. The predicted octanol–water partition coefficient (Wildman–Crippen LogP) is 5.73. The minimum absolute atomic E-state index is 0.107. The van der Waals surface area contributed by atoms with Gasteiger partial charge in [-0.05, 0) is 55.0 Å². The number of nitrogens with one attached hydrogen (secondary N) is 1. The van der Waals surface area contributed by atoms with Crippen LogP contribution in [-0.4, -0.2) is 39.8 Å². The van der Waals surface area contributed by atoms with Gasteiger partial charge in [-0.15, -0.1) is 0 Å². The maximum absolute atomic E-state index is 13.5. The Bertz CT molecular complexity index is 1230. The van der Waals surface area contributed by atoms with Gasteiger partial charge in [0.2, 0.25) is 5.91 Å². The second-order valence-corrected chi connectivity index (χ2v) is 10.7. The normalized spacial score (nSPS) is 17.1. The van der Waals surface area contributed by atoms with E-state index in [4.69, 9.17) is 4.98 Å². The SMILES string of the molecule is CC(C)c1ccc(N(C(=O)CCCN2C(=O)NC3(CCCC3)C2=O)c2nc3ccccc3s2)cc1. The first-order valence-electron chi connectivity index (χ1n) is 12.3. The summed E-state index contributed by atoms with van der Waals surface area (Å²) in [4.78, 5) is 46.6. The maximum atomic E-state index is 13.5. The van der Waals surface area contributed by atoms with Crippen LogP contribution in [0, 0.1) is 0 Å². The molecule has 1 aliphatic heterocycles. The Labute approximate surface area is 209 Å². The topological polar surface area (TPSA) is 82.6 Å². The van der Waals surface area contributed by atoms with Crippen LogP contribution in [0.2, 0.25) is 0 Å². The molecule has 0 unspecified atom stereocenters. The van der Waals surface area contributed by atoms with E-state index in [9.17, 15) is 14.4 Å². The summed E-state index contributed by atoms with van der Waals surface area (Å²) in [6.45, 7) is 4.51. The summed E-state index contributed by atoms with van der Waals surface area (Å²) < 4.78 is 1.01. The van der Waals surface area contributed by atoms with Gasteiger partial charge in [-0.1, -0.05) is 62.3 Å². The van der Waals surface area contributed by atoms with Crippen molar-refractivity contribution < 1.29 is 14.4 Å². The van der Waals surface area contributed by atoms with E-state index in [2.05, 4.69) is 19.2 Å². The second kappa shape index (κ2) is 9.41. The molecule has 182 valence electrons. The van der Waals surface area contributed by atoms with Crippen molar-refractivity contribution in [3.05, 3.63) is 54.1 Å². The first-order chi connectivity index (χ1) is 16.9. The maximum Gasteiger partial charge on any atom is 0.325 e. The molecule has 5 rings (SSSR count). The standard InChI is InChI=1S/C27H30N4O3S/c1-18(2)19-11-13-20(14-12-19)31(26-28-21-8-3-4-9-22(21)35-26)23(32)10-7-17-30-24(33)27(29-25(30)34)15-5-6-16-27/h3-4,8-9,11-14,18H,5-7,10,15-17H2,1-2H3,(H,29,34). The van der Waals surface area contributed by atoms with Crippen molar-refractivity contribution >= 4 is 50.2 Å². The number of hydrogen-bond acceptors (Lipinski definition) is 5. The number of imide groups is 1. The highest BCUT2D eigenvalue weighted by molar-refractivity contribution is 7.22. The van der Waals surface area contributed by atoms with E-state index >= 15 is 0 Å². The summed E-state index contributed by atoms with van der Waals surface area (Å²) in [5.74, 6) is 0.145. The summed E-state index contributed by atoms with van der Waals surface area (Å²) in [6.07, 6.45) is 3.90. The van der Waals surface area contributed by atoms with Gasteiger partial charge in [0, 0.05) is 13.0 Å². The van der Waals surface area contributed by atoms with Gasteiger partial charge in [-0.2, -0.15) is 0 Å². The molecule has 1 saturated heterocycles. The highest BCUT2D eigenvalue weighted by Crippen LogP contribution is 2.36. The van der Waals surface area contributed by atoms with Crippen molar-refractivity contribution in [2.45, 2.75) is 63.8 Å². The van der Waals surface area contributed by atoms with Crippen molar-refractivity contribution in [3.63, 3.8) is 0 Å². The molecule has 2 aromatic carbocycles. The van der Waals surface area contributed by atoms with Gasteiger partial charge in [0.1, 0.15) is 5.54 Å². The third-order valence-electron chi connectivity index (χ3n) is 7.02. The molecule has 0 radical (unpaired) electrons.